The first-order valence-electron chi connectivity index (χ1n) is 7.76. The van der Waals surface area contributed by atoms with Crippen molar-refractivity contribution in [2.75, 3.05) is 38.2 Å². The van der Waals surface area contributed by atoms with Crippen LogP contribution in [0.1, 0.15) is 20.8 Å². The Morgan fingerprint density at radius 2 is 1.75 bits per heavy atom. The third kappa shape index (κ3) is 5.43. The highest BCUT2D eigenvalue weighted by Crippen LogP contribution is 2.23. The number of nitrogens with zero attached hydrogens (tertiary/aromatic N) is 2. The van der Waals surface area contributed by atoms with E-state index in [-0.39, 0.29) is 36.1 Å². The molecule has 2 N–H and O–H groups in total. The summed E-state index contributed by atoms with van der Waals surface area (Å²) in [6, 6.07) is 7.57. The highest BCUT2D eigenvalue weighted by Gasteiger charge is 2.32. The SMILES string of the molecule is COc1cccc(N2CCN(C(=O)[C@@H](N)C(C)(C)C)CC2)c1.Cl.Cl. The Bertz CT molecular complexity index is 527. The molecule has 0 saturated carbocycles. The molecule has 0 unspecified atom stereocenters. The van der Waals surface area contributed by atoms with Gasteiger partial charge in [0.05, 0.1) is 13.2 Å². The largest absolute Gasteiger partial charge is 0.497 e. The van der Waals surface area contributed by atoms with Crippen molar-refractivity contribution in [1.82, 2.24) is 4.90 Å². The Morgan fingerprint density at radius 1 is 1.17 bits per heavy atom. The van der Waals surface area contributed by atoms with Crippen molar-refractivity contribution in [3.05, 3.63) is 24.3 Å². The Labute approximate surface area is 157 Å². The first-order valence-corrected chi connectivity index (χ1v) is 7.76. The van der Waals surface area contributed by atoms with E-state index >= 15 is 0 Å². The molecule has 138 valence electrons. The number of hydrogen-bond donors (Lipinski definition) is 1. The lowest BCUT2D eigenvalue weighted by Gasteiger charge is -2.39. The van der Waals surface area contributed by atoms with Gasteiger partial charge in [0.2, 0.25) is 5.91 Å². The number of carbonyl (C=O) groups is 1. The molecule has 0 bridgehead atoms. The van der Waals surface area contributed by atoms with Crippen molar-refractivity contribution in [2.45, 2.75) is 26.8 Å². The maximum Gasteiger partial charge on any atom is 0.240 e. The van der Waals surface area contributed by atoms with Crippen LogP contribution in [0.4, 0.5) is 5.69 Å². The van der Waals surface area contributed by atoms with Crippen LogP contribution >= 0.6 is 24.8 Å². The number of ether oxygens (including phenoxy) is 1. The monoisotopic (exact) mass is 377 g/mol. The molecule has 7 heteroatoms. The molecule has 1 aromatic carbocycles. The molecular formula is C17H29Cl2N3O2. The lowest BCUT2D eigenvalue weighted by atomic mass is 9.86. The van der Waals surface area contributed by atoms with Crippen LogP contribution in [-0.2, 0) is 4.79 Å². The zero-order chi connectivity index (χ0) is 16.3. The zero-order valence-corrected chi connectivity index (χ0v) is 16.5. The van der Waals surface area contributed by atoms with E-state index in [0.717, 1.165) is 24.5 Å². The van der Waals surface area contributed by atoms with Crippen molar-refractivity contribution in [3.63, 3.8) is 0 Å². The Kier molecular flexibility index (Phi) is 8.89. The van der Waals surface area contributed by atoms with Gasteiger partial charge in [-0.15, -0.1) is 24.8 Å². The summed E-state index contributed by atoms with van der Waals surface area (Å²) < 4.78 is 5.27. The molecule has 0 radical (unpaired) electrons. The first kappa shape index (κ1) is 22.8. The average Bonchev–Trinajstić information content (AvgIpc) is 2.53. The van der Waals surface area contributed by atoms with Gasteiger partial charge < -0.3 is 20.3 Å². The summed E-state index contributed by atoms with van der Waals surface area (Å²) in [5, 5.41) is 0. The second-order valence-electron chi connectivity index (χ2n) is 6.86. The molecule has 0 spiro atoms. The molecule has 0 aliphatic carbocycles. The fourth-order valence-corrected chi connectivity index (χ4v) is 2.56. The summed E-state index contributed by atoms with van der Waals surface area (Å²) in [6.07, 6.45) is 0. The number of benzene rings is 1. The van der Waals surface area contributed by atoms with Crippen molar-refractivity contribution in [1.29, 1.82) is 0 Å². The van der Waals surface area contributed by atoms with Gasteiger partial charge in [-0.25, -0.2) is 0 Å². The number of carbonyl (C=O) groups excluding carboxylic acids is 1. The van der Waals surface area contributed by atoms with Crippen LogP contribution in [0, 0.1) is 5.41 Å². The molecule has 1 amide bonds. The second kappa shape index (κ2) is 9.35. The van der Waals surface area contributed by atoms with Crippen LogP contribution in [0.5, 0.6) is 5.75 Å². The third-order valence-corrected chi connectivity index (χ3v) is 4.21. The molecule has 1 fully saturated rings. The molecule has 0 aromatic heterocycles. The first-order chi connectivity index (χ1) is 10.3. The van der Waals surface area contributed by atoms with E-state index in [4.69, 9.17) is 10.5 Å². The fourth-order valence-electron chi connectivity index (χ4n) is 2.56. The Balaban J connectivity index is 0.00000264. The summed E-state index contributed by atoms with van der Waals surface area (Å²) in [6.45, 7) is 9.05. The molecular weight excluding hydrogens is 349 g/mol. The quantitative estimate of drug-likeness (QED) is 0.878. The maximum absolute atomic E-state index is 12.5. The van der Waals surface area contributed by atoms with Gasteiger partial charge in [-0.1, -0.05) is 26.8 Å². The Morgan fingerprint density at radius 3 is 2.25 bits per heavy atom. The number of rotatable bonds is 3. The Hall–Kier alpha value is -1.17. The van der Waals surface area contributed by atoms with E-state index in [1.807, 2.05) is 43.9 Å². The fraction of sp³-hybridized carbons (Fsp3) is 0.588. The van der Waals surface area contributed by atoms with E-state index in [9.17, 15) is 4.79 Å². The van der Waals surface area contributed by atoms with Crippen LogP contribution in [0.25, 0.3) is 0 Å². The standard InChI is InChI=1S/C17H27N3O2.2ClH/c1-17(2,3)15(18)16(21)20-10-8-19(9-11-20)13-6-5-7-14(12-13)22-4;;/h5-7,12,15H,8-11,18H2,1-4H3;2*1H/t15-;;/m1../s1. The average molecular weight is 378 g/mol. The summed E-state index contributed by atoms with van der Waals surface area (Å²) >= 11 is 0. The number of amides is 1. The highest BCUT2D eigenvalue weighted by atomic mass is 35.5. The molecule has 1 heterocycles. The highest BCUT2D eigenvalue weighted by molar-refractivity contribution is 5.85. The van der Waals surface area contributed by atoms with Gasteiger partial charge in [0.25, 0.3) is 0 Å². The van der Waals surface area contributed by atoms with E-state index < -0.39 is 6.04 Å². The molecule has 1 saturated heterocycles. The number of methoxy groups -OCH3 is 1. The predicted molar refractivity (Wildman–Crippen MR) is 104 cm³/mol. The van der Waals surface area contributed by atoms with Gasteiger partial charge in [-0.3, -0.25) is 4.79 Å². The molecule has 1 aromatic rings. The summed E-state index contributed by atoms with van der Waals surface area (Å²) in [4.78, 5) is 16.6. The van der Waals surface area contributed by atoms with Gasteiger partial charge in [-0.2, -0.15) is 0 Å². The van der Waals surface area contributed by atoms with E-state index in [2.05, 4.69) is 11.0 Å². The third-order valence-electron chi connectivity index (χ3n) is 4.21. The van der Waals surface area contributed by atoms with Crippen molar-refractivity contribution in [3.8, 4) is 5.75 Å². The molecule has 1 aliphatic rings. The lowest BCUT2D eigenvalue weighted by Crippen LogP contribution is -2.56. The normalized spacial score (nSPS) is 15.9. The van der Waals surface area contributed by atoms with E-state index in [0.29, 0.717) is 13.1 Å². The summed E-state index contributed by atoms with van der Waals surface area (Å²) in [5.41, 5.74) is 7.01. The molecule has 1 aliphatic heterocycles. The van der Waals surface area contributed by atoms with Crippen LogP contribution in [0.2, 0.25) is 0 Å². The number of anilines is 1. The van der Waals surface area contributed by atoms with Crippen LogP contribution in [0.3, 0.4) is 0 Å². The van der Waals surface area contributed by atoms with E-state index in [1.165, 1.54) is 0 Å². The minimum absolute atomic E-state index is 0. The minimum atomic E-state index is -0.448. The molecule has 2 rings (SSSR count). The zero-order valence-electron chi connectivity index (χ0n) is 14.8. The van der Waals surface area contributed by atoms with Crippen molar-refractivity contribution >= 4 is 36.4 Å². The van der Waals surface area contributed by atoms with Crippen LogP contribution in [0.15, 0.2) is 24.3 Å². The van der Waals surface area contributed by atoms with Crippen molar-refractivity contribution in [2.24, 2.45) is 11.1 Å². The maximum atomic E-state index is 12.5. The summed E-state index contributed by atoms with van der Waals surface area (Å²) in [5.74, 6) is 0.906. The number of piperazine rings is 1. The predicted octanol–water partition coefficient (Wildman–Crippen LogP) is 2.56. The van der Waals surface area contributed by atoms with Crippen LogP contribution in [-0.4, -0.2) is 50.1 Å². The lowest BCUT2D eigenvalue weighted by molar-refractivity contribution is -0.135. The smallest absolute Gasteiger partial charge is 0.240 e. The minimum Gasteiger partial charge on any atom is -0.497 e. The van der Waals surface area contributed by atoms with Gasteiger partial charge in [0.1, 0.15) is 5.75 Å². The van der Waals surface area contributed by atoms with Gasteiger partial charge in [0, 0.05) is 37.9 Å². The van der Waals surface area contributed by atoms with Crippen LogP contribution < -0.4 is 15.4 Å². The summed E-state index contributed by atoms with van der Waals surface area (Å²) in [7, 11) is 1.67. The number of hydrogen-bond acceptors (Lipinski definition) is 4. The van der Waals surface area contributed by atoms with Crippen molar-refractivity contribution < 1.29 is 9.53 Å². The molecule has 24 heavy (non-hydrogen) atoms. The number of halogens is 2. The second-order valence-corrected chi connectivity index (χ2v) is 6.86. The van der Waals surface area contributed by atoms with Gasteiger partial charge >= 0.3 is 0 Å². The van der Waals surface area contributed by atoms with E-state index in [1.54, 1.807) is 7.11 Å². The van der Waals surface area contributed by atoms with Gasteiger partial charge in [0.15, 0.2) is 0 Å². The number of nitrogens with two attached hydrogens (primary N) is 1. The molecule has 1 atom stereocenters. The topological polar surface area (TPSA) is 58.8 Å². The van der Waals surface area contributed by atoms with Gasteiger partial charge in [-0.05, 0) is 17.5 Å². The molecule has 5 nitrogen and oxygen atoms in total.